The highest BCUT2D eigenvalue weighted by atomic mass is 35.5. The van der Waals surface area contributed by atoms with Gasteiger partial charge in [-0.05, 0) is 25.0 Å². The van der Waals surface area contributed by atoms with Gasteiger partial charge < -0.3 is 15.7 Å². The van der Waals surface area contributed by atoms with Gasteiger partial charge in [0, 0.05) is 25.2 Å². The Morgan fingerprint density at radius 3 is 2.75 bits per heavy atom. The summed E-state index contributed by atoms with van der Waals surface area (Å²) in [4.78, 5) is 15.7. The average molecular weight is 300 g/mol. The largest absolute Gasteiger partial charge is 0.392 e. The van der Waals surface area contributed by atoms with Crippen molar-refractivity contribution in [1.29, 1.82) is 0 Å². The minimum Gasteiger partial charge on any atom is -0.392 e. The summed E-state index contributed by atoms with van der Waals surface area (Å²) >= 11 is 5.87. The lowest BCUT2D eigenvalue weighted by Crippen LogP contribution is -2.38. The first-order valence-corrected chi connectivity index (χ1v) is 7.09. The monoisotopic (exact) mass is 299 g/mol. The van der Waals surface area contributed by atoms with Gasteiger partial charge >= 0.3 is 0 Å². The van der Waals surface area contributed by atoms with E-state index in [0.29, 0.717) is 18.7 Å². The molecule has 1 amide bonds. The number of amides is 1. The lowest BCUT2D eigenvalue weighted by molar-refractivity contribution is -0.116. The van der Waals surface area contributed by atoms with E-state index in [1.165, 1.54) is 0 Å². The van der Waals surface area contributed by atoms with Gasteiger partial charge in [0.05, 0.1) is 11.8 Å². The Hall–Kier alpha value is -1.17. The molecule has 1 aromatic heterocycles. The minimum absolute atomic E-state index is 0.0288. The Kier molecular flexibility index (Phi) is 6.91. The highest BCUT2D eigenvalue weighted by molar-refractivity contribution is 6.32. The lowest BCUT2D eigenvalue weighted by atomic mass is 10.1. The maximum Gasteiger partial charge on any atom is 0.226 e. The normalized spacial score (nSPS) is 14.1. The third-order valence-electron chi connectivity index (χ3n) is 2.97. The number of hydrogen-bond donors (Lipinski definition) is 3. The van der Waals surface area contributed by atoms with Crippen LogP contribution in [0.15, 0.2) is 18.3 Å². The smallest absolute Gasteiger partial charge is 0.226 e. The summed E-state index contributed by atoms with van der Waals surface area (Å²) in [6, 6.07) is 3.38. The number of aliphatic hydroxyl groups is 1. The van der Waals surface area contributed by atoms with E-state index in [1.807, 2.05) is 20.8 Å². The Morgan fingerprint density at radius 2 is 2.15 bits per heavy atom. The second kappa shape index (κ2) is 8.19. The maximum atomic E-state index is 11.9. The molecule has 3 N–H and O–H groups in total. The highest BCUT2D eigenvalue weighted by Gasteiger charge is 2.14. The number of carbonyl (C=O) groups excluding carboxylic acids is 1. The second-order valence-electron chi connectivity index (χ2n) is 5.21. The standard InChI is InChI=1S/C14H22ClN3O2/c1-9(2)12(19)8-17-10(3)7-13(20)18-11-5-4-6-16-14(11)15/h4-6,9-10,12,17,19H,7-8H2,1-3H3,(H,18,20). The summed E-state index contributed by atoms with van der Waals surface area (Å²) in [5, 5.41) is 15.8. The number of hydrogen-bond acceptors (Lipinski definition) is 4. The van der Waals surface area contributed by atoms with Crippen molar-refractivity contribution in [2.24, 2.45) is 5.92 Å². The molecule has 2 unspecified atom stereocenters. The molecule has 0 spiro atoms. The number of carbonyl (C=O) groups is 1. The highest BCUT2D eigenvalue weighted by Crippen LogP contribution is 2.17. The number of pyridine rings is 1. The van der Waals surface area contributed by atoms with E-state index < -0.39 is 6.10 Å². The van der Waals surface area contributed by atoms with Crippen molar-refractivity contribution in [1.82, 2.24) is 10.3 Å². The van der Waals surface area contributed by atoms with Crippen LogP contribution in [0.5, 0.6) is 0 Å². The number of nitrogens with zero attached hydrogens (tertiary/aromatic N) is 1. The fraction of sp³-hybridized carbons (Fsp3) is 0.571. The molecular weight excluding hydrogens is 278 g/mol. The van der Waals surface area contributed by atoms with Gasteiger partial charge in [0.1, 0.15) is 0 Å². The fourth-order valence-corrected chi connectivity index (χ4v) is 1.75. The van der Waals surface area contributed by atoms with Crippen LogP contribution in [-0.2, 0) is 4.79 Å². The molecule has 1 aromatic rings. The lowest BCUT2D eigenvalue weighted by Gasteiger charge is -2.19. The number of rotatable bonds is 7. The van der Waals surface area contributed by atoms with Gasteiger partial charge in [0.25, 0.3) is 0 Å². The van der Waals surface area contributed by atoms with Crippen LogP contribution < -0.4 is 10.6 Å². The SMILES string of the molecule is CC(CC(=O)Nc1cccnc1Cl)NCC(O)C(C)C. The number of aliphatic hydroxyl groups excluding tert-OH is 1. The van der Waals surface area contributed by atoms with E-state index in [0.717, 1.165) is 0 Å². The van der Waals surface area contributed by atoms with Crippen molar-refractivity contribution in [2.45, 2.75) is 39.3 Å². The van der Waals surface area contributed by atoms with Crippen LogP contribution in [-0.4, -0.2) is 34.7 Å². The molecule has 0 fully saturated rings. The summed E-state index contributed by atoms with van der Waals surface area (Å²) in [6.45, 7) is 6.28. The van der Waals surface area contributed by atoms with Crippen LogP contribution in [0.3, 0.4) is 0 Å². The molecule has 2 atom stereocenters. The van der Waals surface area contributed by atoms with Gasteiger partial charge in [-0.2, -0.15) is 0 Å². The zero-order valence-electron chi connectivity index (χ0n) is 12.1. The zero-order chi connectivity index (χ0) is 15.1. The number of nitrogens with one attached hydrogen (secondary N) is 2. The molecule has 0 aliphatic rings. The van der Waals surface area contributed by atoms with Crippen LogP contribution in [0.1, 0.15) is 27.2 Å². The molecule has 0 aromatic carbocycles. The van der Waals surface area contributed by atoms with Crippen LogP contribution in [0, 0.1) is 5.92 Å². The quantitative estimate of drug-likeness (QED) is 0.674. The Bertz CT molecular complexity index is 440. The first kappa shape index (κ1) is 16.9. The number of anilines is 1. The summed E-state index contributed by atoms with van der Waals surface area (Å²) < 4.78 is 0. The van der Waals surface area contributed by atoms with Crippen molar-refractivity contribution in [3.8, 4) is 0 Å². The summed E-state index contributed by atoms with van der Waals surface area (Å²) in [6.07, 6.45) is 1.46. The molecule has 1 heterocycles. The predicted molar refractivity (Wildman–Crippen MR) is 80.8 cm³/mol. The molecule has 112 valence electrons. The van der Waals surface area contributed by atoms with Gasteiger partial charge in [-0.25, -0.2) is 4.98 Å². The fourth-order valence-electron chi connectivity index (χ4n) is 1.59. The van der Waals surface area contributed by atoms with Crippen LogP contribution in [0.4, 0.5) is 5.69 Å². The molecular formula is C14H22ClN3O2. The molecule has 0 aliphatic heterocycles. The van der Waals surface area contributed by atoms with E-state index in [9.17, 15) is 9.90 Å². The first-order chi connectivity index (χ1) is 9.40. The topological polar surface area (TPSA) is 74.2 Å². The number of halogens is 1. The van der Waals surface area contributed by atoms with E-state index in [4.69, 9.17) is 11.6 Å². The molecule has 0 radical (unpaired) electrons. The van der Waals surface area contributed by atoms with Crippen molar-refractivity contribution in [3.63, 3.8) is 0 Å². The van der Waals surface area contributed by atoms with Crippen LogP contribution in [0.2, 0.25) is 5.15 Å². The van der Waals surface area contributed by atoms with E-state index in [-0.39, 0.29) is 23.0 Å². The number of aromatic nitrogens is 1. The summed E-state index contributed by atoms with van der Waals surface area (Å²) in [5.74, 6) is 0.0525. The molecule has 20 heavy (non-hydrogen) atoms. The summed E-state index contributed by atoms with van der Waals surface area (Å²) in [5.41, 5.74) is 0.508. The van der Waals surface area contributed by atoms with Gasteiger partial charge in [0.15, 0.2) is 5.15 Å². The average Bonchev–Trinajstić information content (AvgIpc) is 2.38. The predicted octanol–water partition coefficient (Wildman–Crippen LogP) is 2.06. The molecule has 0 aliphatic carbocycles. The molecule has 0 bridgehead atoms. The first-order valence-electron chi connectivity index (χ1n) is 6.72. The van der Waals surface area contributed by atoms with Gasteiger partial charge in [-0.3, -0.25) is 4.79 Å². The van der Waals surface area contributed by atoms with E-state index in [1.54, 1.807) is 18.3 Å². The van der Waals surface area contributed by atoms with Crippen molar-refractivity contribution < 1.29 is 9.90 Å². The Balaban J connectivity index is 2.37. The zero-order valence-corrected chi connectivity index (χ0v) is 12.8. The van der Waals surface area contributed by atoms with Gasteiger partial charge in [-0.1, -0.05) is 25.4 Å². The van der Waals surface area contributed by atoms with E-state index >= 15 is 0 Å². The Labute approximate surface area is 124 Å². The maximum absolute atomic E-state index is 11.9. The third kappa shape index (κ3) is 5.86. The van der Waals surface area contributed by atoms with Crippen molar-refractivity contribution in [2.75, 3.05) is 11.9 Å². The molecule has 1 rings (SSSR count). The minimum atomic E-state index is -0.409. The molecule has 0 saturated carbocycles. The second-order valence-corrected chi connectivity index (χ2v) is 5.57. The van der Waals surface area contributed by atoms with Crippen LogP contribution >= 0.6 is 11.6 Å². The van der Waals surface area contributed by atoms with Crippen molar-refractivity contribution in [3.05, 3.63) is 23.5 Å². The Morgan fingerprint density at radius 1 is 1.45 bits per heavy atom. The third-order valence-corrected chi connectivity index (χ3v) is 3.27. The summed E-state index contributed by atoms with van der Waals surface area (Å²) in [7, 11) is 0. The molecule has 5 nitrogen and oxygen atoms in total. The van der Waals surface area contributed by atoms with E-state index in [2.05, 4.69) is 15.6 Å². The molecule has 6 heteroatoms. The molecule has 0 saturated heterocycles. The van der Waals surface area contributed by atoms with Gasteiger partial charge in [0.2, 0.25) is 5.91 Å². The van der Waals surface area contributed by atoms with Crippen LogP contribution in [0.25, 0.3) is 0 Å². The van der Waals surface area contributed by atoms with Crippen molar-refractivity contribution >= 4 is 23.2 Å². The van der Waals surface area contributed by atoms with Gasteiger partial charge in [-0.15, -0.1) is 0 Å².